The lowest BCUT2D eigenvalue weighted by atomic mass is 10.0. The number of aliphatic hydroxyl groups is 2. The molecule has 0 aromatic heterocycles. The number of phosphoric ester groups is 1. The molecule has 75 heavy (non-hydrogen) atoms. The molecule has 10 heteroatoms. The third-order valence-corrected chi connectivity index (χ3v) is 13.4. The Labute approximate surface area is 460 Å². The predicted octanol–water partition coefficient (Wildman–Crippen LogP) is 16.7. The van der Waals surface area contributed by atoms with Crippen molar-refractivity contribution in [2.45, 2.75) is 231 Å². The van der Waals surface area contributed by atoms with E-state index in [1.807, 2.05) is 21.1 Å². The number of rotatable bonds is 52. The van der Waals surface area contributed by atoms with Crippen LogP contribution in [-0.4, -0.2) is 79.8 Å². The zero-order valence-corrected chi connectivity index (χ0v) is 49.2. The molecule has 0 fully saturated rings. The van der Waals surface area contributed by atoms with Crippen LogP contribution in [0.3, 0.4) is 0 Å². The Morgan fingerprint density at radius 2 is 0.853 bits per heavy atom. The maximum atomic E-state index is 13.0. The minimum absolute atomic E-state index is 0.0555. The lowest BCUT2D eigenvalue weighted by Gasteiger charge is -2.31. The highest BCUT2D eigenvalue weighted by Crippen LogP contribution is 2.38. The second-order valence-corrected chi connectivity index (χ2v) is 22.1. The number of nitrogens with zero attached hydrogens (tertiary/aromatic N) is 1. The van der Waals surface area contributed by atoms with Crippen molar-refractivity contribution in [2.24, 2.45) is 0 Å². The van der Waals surface area contributed by atoms with Crippen LogP contribution in [-0.2, 0) is 18.4 Å². The van der Waals surface area contributed by atoms with Crippen LogP contribution in [0.2, 0.25) is 0 Å². The number of allylic oxidation sites excluding steroid dienone is 22. The molecule has 4 atom stereocenters. The molecule has 0 saturated heterocycles. The van der Waals surface area contributed by atoms with E-state index in [1.54, 1.807) is 0 Å². The SMILES string of the molecule is CC/C=C\C/C=C\C/C=C\C/C=C\C/C=C\C/C=C\C/C=C\C/C=C\C/C=C\CCCCCCCCCCCCCC(=O)NC(COP(=O)([O-])OCC[N+](C)(C)C)C(O)C(O)CCC/C=C/CC/C=C/CCCCC. The second kappa shape index (κ2) is 54.0. The third kappa shape index (κ3) is 55.2. The van der Waals surface area contributed by atoms with E-state index in [9.17, 15) is 24.5 Å². The highest BCUT2D eigenvalue weighted by molar-refractivity contribution is 7.45. The van der Waals surface area contributed by atoms with Crippen LogP contribution in [0.25, 0.3) is 0 Å². The molecule has 0 aromatic carbocycles. The first kappa shape index (κ1) is 71.6. The molecule has 0 aliphatic rings. The van der Waals surface area contributed by atoms with Gasteiger partial charge in [0.1, 0.15) is 19.3 Å². The summed E-state index contributed by atoms with van der Waals surface area (Å²) in [6, 6.07) is -1.11. The first-order chi connectivity index (χ1) is 36.4. The van der Waals surface area contributed by atoms with Gasteiger partial charge in [-0.05, 0) is 122 Å². The lowest BCUT2D eigenvalue weighted by molar-refractivity contribution is -0.870. The molecule has 428 valence electrons. The zero-order valence-electron chi connectivity index (χ0n) is 48.3. The van der Waals surface area contributed by atoms with Gasteiger partial charge in [0, 0.05) is 6.42 Å². The van der Waals surface area contributed by atoms with Crippen LogP contribution in [0.5, 0.6) is 0 Å². The fourth-order valence-electron chi connectivity index (χ4n) is 7.79. The van der Waals surface area contributed by atoms with E-state index in [-0.39, 0.29) is 18.9 Å². The molecule has 0 radical (unpaired) electrons. The minimum Gasteiger partial charge on any atom is -0.756 e. The summed E-state index contributed by atoms with van der Waals surface area (Å²) in [7, 11) is 1.08. The molecule has 3 N–H and O–H groups in total. The number of carbonyl (C=O) groups excluding carboxylic acids is 1. The number of nitrogens with one attached hydrogen (secondary N) is 1. The predicted molar refractivity (Wildman–Crippen MR) is 321 cm³/mol. The molecule has 0 aromatic rings. The van der Waals surface area contributed by atoms with Crippen molar-refractivity contribution in [1.29, 1.82) is 0 Å². The van der Waals surface area contributed by atoms with E-state index in [2.05, 4.69) is 153 Å². The topological polar surface area (TPSA) is 128 Å². The summed E-state index contributed by atoms with van der Waals surface area (Å²) in [4.78, 5) is 25.5. The zero-order chi connectivity index (χ0) is 55.0. The molecular formula is C65H111N2O7P. The van der Waals surface area contributed by atoms with Gasteiger partial charge >= 0.3 is 0 Å². The van der Waals surface area contributed by atoms with Gasteiger partial charge in [-0.25, -0.2) is 0 Å². The van der Waals surface area contributed by atoms with E-state index in [4.69, 9.17) is 9.05 Å². The number of unbranched alkanes of at least 4 members (excludes halogenated alkanes) is 16. The number of quaternary nitrogens is 1. The number of likely N-dealkylation sites (N-methyl/N-ethyl adjacent to an activating group) is 1. The molecule has 0 aliphatic carbocycles. The summed E-state index contributed by atoms with van der Waals surface area (Å²) < 4.78 is 23.2. The number of hydrogen-bond donors (Lipinski definition) is 3. The summed E-state index contributed by atoms with van der Waals surface area (Å²) in [6.07, 6.45) is 78.1. The Bertz CT molecular complexity index is 1700. The number of aliphatic hydroxyl groups excluding tert-OH is 2. The van der Waals surface area contributed by atoms with Gasteiger partial charge in [0.05, 0.1) is 39.9 Å². The maximum Gasteiger partial charge on any atom is 0.268 e. The summed E-state index contributed by atoms with van der Waals surface area (Å²) in [6.45, 7) is 4.24. The van der Waals surface area contributed by atoms with Gasteiger partial charge in [-0.2, -0.15) is 0 Å². The smallest absolute Gasteiger partial charge is 0.268 e. The second-order valence-electron chi connectivity index (χ2n) is 20.7. The first-order valence-electron chi connectivity index (χ1n) is 29.6. The van der Waals surface area contributed by atoms with Gasteiger partial charge in [0.2, 0.25) is 5.91 Å². The summed E-state index contributed by atoms with van der Waals surface area (Å²) in [5.41, 5.74) is 0. The van der Waals surface area contributed by atoms with E-state index >= 15 is 0 Å². The van der Waals surface area contributed by atoms with Gasteiger partial charge < -0.3 is 34.0 Å². The summed E-state index contributed by atoms with van der Waals surface area (Å²) in [5, 5.41) is 24.7. The fraction of sp³-hybridized carbons (Fsp3) is 0.646. The highest BCUT2D eigenvalue weighted by Gasteiger charge is 2.29. The normalized spacial score (nSPS) is 15.3. The van der Waals surface area contributed by atoms with Crippen molar-refractivity contribution in [3.63, 3.8) is 0 Å². The lowest BCUT2D eigenvalue weighted by Crippen LogP contribution is -2.51. The van der Waals surface area contributed by atoms with Crippen molar-refractivity contribution in [1.82, 2.24) is 5.32 Å². The average molecular weight is 1060 g/mol. The van der Waals surface area contributed by atoms with Gasteiger partial charge in [-0.1, -0.05) is 218 Å². The molecule has 1 amide bonds. The van der Waals surface area contributed by atoms with Crippen LogP contribution in [0.1, 0.15) is 213 Å². The largest absolute Gasteiger partial charge is 0.756 e. The average Bonchev–Trinajstić information content (AvgIpc) is 3.37. The molecule has 0 bridgehead atoms. The molecule has 0 aliphatic heterocycles. The van der Waals surface area contributed by atoms with E-state index in [0.717, 1.165) is 109 Å². The van der Waals surface area contributed by atoms with Crippen LogP contribution >= 0.6 is 7.82 Å². The van der Waals surface area contributed by atoms with Crippen LogP contribution in [0, 0.1) is 0 Å². The number of hydrogen-bond acceptors (Lipinski definition) is 7. The fourth-order valence-corrected chi connectivity index (χ4v) is 8.51. The van der Waals surface area contributed by atoms with Crippen LogP contribution < -0.4 is 10.2 Å². The Kier molecular flexibility index (Phi) is 51.5. The van der Waals surface area contributed by atoms with Crippen molar-refractivity contribution in [3.8, 4) is 0 Å². The molecule has 0 heterocycles. The molecule has 0 spiro atoms. The van der Waals surface area contributed by atoms with E-state index in [0.29, 0.717) is 30.3 Å². The van der Waals surface area contributed by atoms with Gasteiger partial charge in [-0.3, -0.25) is 9.36 Å². The van der Waals surface area contributed by atoms with Crippen molar-refractivity contribution < 1.29 is 38.0 Å². The van der Waals surface area contributed by atoms with Crippen molar-refractivity contribution in [2.75, 3.05) is 40.9 Å². The summed E-state index contributed by atoms with van der Waals surface area (Å²) in [5.74, 6) is -0.302. The minimum atomic E-state index is -4.69. The third-order valence-electron chi connectivity index (χ3n) is 12.4. The van der Waals surface area contributed by atoms with E-state index in [1.165, 1.54) is 64.2 Å². The first-order valence-corrected chi connectivity index (χ1v) is 31.1. The van der Waals surface area contributed by atoms with Gasteiger partial charge in [-0.15, -0.1) is 0 Å². The van der Waals surface area contributed by atoms with Gasteiger partial charge in [0.25, 0.3) is 7.82 Å². The van der Waals surface area contributed by atoms with Crippen molar-refractivity contribution >= 4 is 13.7 Å². The number of phosphoric acid groups is 1. The molecule has 0 saturated carbocycles. The Morgan fingerprint density at radius 3 is 1.28 bits per heavy atom. The number of carbonyl (C=O) groups is 1. The van der Waals surface area contributed by atoms with Crippen LogP contribution in [0.15, 0.2) is 134 Å². The highest BCUT2D eigenvalue weighted by atomic mass is 31.2. The standard InChI is InChI=1S/C65H111N2O7P/c1-6-8-10-12-14-16-18-20-21-22-23-24-25-26-27-28-29-30-31-32-33-34-35-36-37-38-39-40-41-42-43-44-45-46-48-50-52-54-56-58-64(69)66-62(61-74-75(71,72)73-60-59-67(3,4)5)65(70)63(68)57-55-53-51-49-47-19-17-15-13-11-9-7-2/h8,10,14-17,20-21,23-24,26-27,29-30,32-33,35-36,38-39,49,51,62-63,65,68,70H,6-7,9,11-13,18-19,22,25,28,31,34,37,40-48,50,52-61H2,1-5H3,(H-,66,69,71,72)/b10-8-,16-14-,17-15+,21-20-,24-23-,27-26-,30-29-,33-32-,36-35-,39-38-,51-49+. The van der Waals surface area contributed by atoms with Crippen LogP contribution in [0.4, 0.5) is 0 Å². The van der Waals surface area contributed by atoms with Gasteiger partial charge in [0.15, 0.2) is 0 Å². The van der Waals surface area contributed by atoms with E-state index < -0.39 is 32.7 Å². The number of amides is 1. The molecule has 0 rings (SSSR count). The summed E-state index contributed by atoms with van der Waals surface area (Å²) >= 11 is 0. The Hall–Kier alpha value is -3.40. The Balaban J connectivity index is 4.15. The monoisotopic (exact) mass is 1060 g/mol. The maximum absolute atomic E-state index is 13.0. The Morgan fingerprint density at radius 1 is 0.493 bits per heavy atom. The molecular weight excluding hydrogens is 952 g/mol. The van der Waals surface area contributed by atoms with Crippen molar-refractivity contribution in [3.05, 3.63) is 134 Å². The molecule has 9 nitrogen and oxygen atoms in total. The quantitative estimate of drug-likeness (QED) is 0.0240. The molecule has 4 unspecified atom stereocenters.